The molecule has 0 fully saturated rings. The van der Waals surface area contributed by atoms with Crippen LogP contribution in [0, 0.1) is 5.92 Å². The van der Waals surface area contributed by atoms with Gasteiger partial charge < -0.3 is 10.1 Å². The maximum absolute atomic E-state index is 5.49. The molecule has 1 rings (SSSR count). The van der Waals surface area contributed by atoms with E-state index in [0.29, 0.717) is 25.6 Å². The van der Waals surface area contributed by atoms with Crippen LogP contribution >= 0.6 is 0 Å². The molecule has 16 heavy (non-hydrogen) atoms. The summed E-state index contributed by atoms with van der Waals surface area (Å²) < 4.78 is 7.27. The Bertz CT molecular complexity index is 286. The summed E-state index contributed by atoms with van der Waals surface area (Å²) in [6, 6.07) is 0. The average Bonchev–Trinajstić information content (AvgIpc) is 2.69. The zero-order valence-electron chi connectivity index (χ0n) is 10.3. The van der Waals surface area contributed by atoms with E-state index in [1.807, 2.05) is 0 Å². The molecule has 0 aliphatic carbocycles. The lowest BCUT2D eigenvalue weighted by molar-refractivity contribution is 0.0999. The largest absolute Gasteiger partial charge is 0.379 e. The SMILES string of the molecule is CCNCc1nnnn1CCOCC(C)C. The van der Waals surface area contributed by atoms with Gasteiger partial charge >= 0.3 is 0 Å². The molecule has 0 unspecified atom stereocenters. The van der Waals surface area contributed by atoms with Crippen LogP contribution in [0.25, 0.3) is 0 Å². The van der Waals surface area contributed by atoms with E-state index in [1.54, 1.807) is 4.68 Å². The number of rotatable bonds is 8. The third-order valence-corrected chi connectivity index (χ3v) is 2.04. The van der Waals surface area contributed by atoms with E-state index >= 15 is 0 Å². The second-order valence-corrected chi connectivity index (χ2v) is 4.07. The van der Waals surface area contributed by atoms with Crippen LogP contribution in [0.2, 0.25) is 0 Å². The van der Waals surface area contributed by atoms with Crippen molar-refractivity contribution in [1.29, 1.82) is 0 Å². The number of ether oxygens (including phenoxy) is 1. The van der Waals surface area contributed by atoms with Crippen LogP contribution in [0.4, 0.5) is 0 Å². The minimum absolute atomic E-state index is 0.565. The molecular formula is C10H21N5O. The molecule has 0 saturated carbocycles. The predicted molar refractivity (Wildman–Crippen MR) is 60.9 cm³/mol. The highest BCUT2D eigenvalue weighted by atomic mass is 16.5. The molecule has 6 heteroatoms. The molecule has 0 amide bonds. The molecule has 1 heterocycles. The number of aromatic nitrogens is 4. The number of nitrogens with zero attached hydrogens (tertiary/aromatic N) is 4. The van der Waals surface area contributed by atoms with Crippen molar-refractivity contribution in [2.75, 3.05) is 19.8 Å². The maximum Gasteiger partial charge on any atom is 0.165 e. The monoisotopic (exact) mass is 227 g/mol. The topological polar surface area (TPSA) is 64.9 Å². The van der Waals surface area contributed by atoms with E-state index in [0.717, 1.165) is 19.0 Å². The van der Waals surface area contributed by atoms with Gasteiger partial charge in [0, 0.05) is 6.61 Å². The summed E-state index contributed by atoms with van der Waals surface area (Å²) in [7, 11) is 0. The van der Waals surface area contributed by atoms with Crippen molar-refractivity contribution < 1.29 is 4.74 Å². The first-order chi connectivity index (χ1) is 7.74. The number of tetrazole rings is 1. The van der Waals surface area contributed by atoms with Gasteiger partial charge in [0.25, 0.3) is 0 Å². The van der Waals surface area contributed by atoms with Gasteiger partial charge in [-0.1, -0.05) is 20.8 Å². The van der Waals surface area contributed by atoms with Crippen molar-refractivity contribution in [2.24, 2.45) is 5.92 Å². The van der Waals surface area contributed by atoms with Crippen LogP contribution in [0.5, 0.6) is 0 Å². The van der Waals surface area contributed by atoms with Gasteiger partial charge in [-0.2, -0.15) is 0 Å². The fourth-order valence-electron chi connectivity index (χ4n) is 1.23. The summed E-state index contributed by atoms with van der Waals surface area (Å²) in [6.45, 7) is 10.1. The van der Waals surface area contributed by atoms with Gasteiger partial charge in [-0.15, -0.1) is 5.10 Å². The molecule has 0 bridgehead atoms. The Morgan fingerprint density at radius 1 is 1.44 bits per heavy atom. The molecule has 6 nitrogen and oxygen atoms in total. The number of hydrogen-bond acceptors (Lipinski definition) is 5. The molecule has 0 atom stereocenters. The molecule has 0 radical (unpaired) electrons. The molecule has 0 aliphatic rings. The Hall–Kier alpha value is -1.01. The molecule has 0 saturated heterocycles. The molecule has 0 aliphatic heterocycles. The summed E-state index contributed by atoms with van der Waals surface area (Å²) in [6.07, 6.45) is 0. The van der Waals surface area contributed by atoms with Crippen LogP contribution in [0.15, 0.2) is 0 Å². The van der Waals surface area contributed by atoms with Gasteiger partial charge in [-0.3, -0.25) is 0 Å². The first kappa shape index (κ1) is 13.1. The van der Waals surface area contributed by atoms with Crippen molar-refractivity contribution in [3.63, 3.8) is 0 Å². The van der Waals surface area contributed by atoms with Gasteiger partial charge in [0.05, 0.1) is 19.7 Å². The van der Waals surface area contributed by atoms with Crippen LogP contribution in [-0.4, -0.2) is 40.0 Å². The van der Waals surface area contributed by atoms with Gasteiger partial charge in [0.1, 0.15) is 0 Å². The standard InChI is InChI=1S/C10H21N5O/c1-4-11-7-10-12-13-14-15(10)5-6-16-8-9(2)3/h9,11H,4-8H2,1-3H3. The molecule has 1 aromatic heterocycles. The van der Waals surface area contributed by atoms with Crippen LogP contribution in [0.1, 0.15) is 26.6 Å². The van der Waals surface area contributed by atoms with Crippen LogP contribution in [0.3, 0.4) is 0 Å². The van der Waals surface area contributed by atoms with E-state index < -0.39 is 0 Å². The average molecular weight is 227 g/mol. The smallest absolute Gasteiger partial charge is 0.165 e. The summed E-state index contributed by atoms with van der Waals surface area (Å²) in [5.74, 6) is 1.42. The van der Waals surface area contributed by atoms with Gasteiger partial charge in [0.15, 0.2) is 5.82 Å². The van der Waals surface area contributed by atoms with Crippen molar-refractivity contribution in [2.45, 2.75) is 33.9 Å². The highest BCUT2D eigenvalue weighted by molar-refractivity contribution is 4.79. The highest BCUT2D eigenvalue weighted by Crippen LogP contribution is 1.95. The summed E-state index contributed by atoms with van der Waals surface area (Å²) >= 11 is 0. The zero-order valence-corrected chi connectivity index (χ0v) is 10.3. The van der Waals surface area contributed by atoms with E-state index in [1.165, 1.54) is 0 Å². The zero-order chi connectivity index (χ0) is 11.8. The Balaban J connectivity index is 2.27. The maximum atomic E-state index is 5.49. The molecular weight excluding hydrogens is 206 g/mol. The minimum atomic E-state index is 0.565. The molecule has 0 spiro atoms. The minimum Gasteiger partial charge on any atom is -0.379 e. The summed E-state index contributed by atoms with van der Waals surface area (Å²) in [5.41, 5.74) is 0. The first-order valence-electron chi connectivity index (χ1n) is 5.77. The van der Waals surface area contributed by atoms with Crippen molar-refractivity contribution in [3.8, 4) is 0 Å². The van der Waals surface area contributed by atoms with Crippen LogP contribution < -0.4 is 5.32 Å². The lowest BCUT2D eigenvalue weighted by atomic mass is 10.2. The second kappa shape index (κ2) is 7.29. The van der Waals surface area contributed by atoms with E-state index in [2.05, 4.69) is 41.6 Å². The number of hydrogen-bond donors (Lipinski definition) is 1. The lowest BCUT2D eigenvalue weighted by Crippen LogP contribution is -2.19. The quantitative estimate of drug-likeness (QED) is 0.653. The fourth-order valence-corrected chi connectivity index (χ4v) is 1.23. The third-order valence-electron chi connectivity index (χ3n) is 2.04. The lowest BCUT2D eigenvalue weighted by Gasteiger charge is -2.07. The molecule has 1 N–H and O–H groups in total. The summed E-state index contributed by atoms with van der Waals surface area (Å²) in [5, 5.41) is 14.7. The molecule has 92 valence electrons. The van der Waals surface area contributed by atoms with Crippen molar-refractivity contribution in [1.82, 2.24) is 25.5 Å². The first-order valence-corrected chi connectivity index (χ1v) is 5.77. The van der Waals surface area contributed by atoms with Gasteiger partial charge in [0.2, 0.25) is 0 Å². The van der Waals surface area contributed by atoms with Gasteiger partial charge in [-0.05, 0) is 22.9 Å². The third kappa shape index (κ3) is 4.67. The normalized spacial score (nSPS) is 11.2. The Morgan fingerprint density at radius 3 is 2.94 bits per heavy atom. The molecule has 1 aromatic rings. The Kier molecular flexibility index (Phi) is 5.95. The number of nitrogens with one attached hydrogen (secondary N) is 1. The fraction of sp³-hybridized carbons (Fsp3) is 0.900. The van der Waals surface area contributed by atoms with E-state index in [4.69, 9.17) is 4.74 Å². The summed E-state index contributed by atoms with van der Waals surface area (Å²) in [4.78, 5) is 0. The highest BCUT2D eigenvalue weighted by Gasteiger charge is 2.04. The van der Waals surface area contributed by atoms with E-state index in [-0.39, 0.29) is 0 Å². The van der Waals surface area contributed by atoms with Crippen molar-refractivity contribution in [3.05, 3.63) is 5.82 Å². The Labute approximate surface area is 96.4 Å². The molecule has 0 aromatic carbocycles. The van der Waals surface area contributed by atoms with Crippen LogP contribution in [-0.2, 0) is 17.8 Å². The Morgan fingerprint density at radius 2 is 2.25 bits per heavy atom. The van der Waals surface area contributed by atoms with Crippen molar-refractivity contribution >= 4 is 0 Å². The van der Waals surface area contributed by atoms with E-state index in [9.17, 15) is 0 Å². The predicted octanol–water partition coefficient (Wildman–Crippen LogP) is 0.455. The van der Waals surface area contributed by atoms with Gasteiger partial charge in [-0.25, -0.2) is 4.68 Å². The second-order valence-electron chi connectivity index (χ2n) is 4.07.